The SMILES string of the molecule is NC(=O)CNc1nccc(N)n1. The van der Waals surface area contributed by atoms with Crippen molar-refractivity contribution >= 4 is 17.7 Å². The summed E-state index contributed by atoms with van der Waals surface area (Å²) >= 11 is 0. The van der Waals surface area contributed by atoms with Gasteiger partial charge >= 0.3 is 0 Å². The lowest BCUT2D eigenvalue weighted by Crippen LogP contribution is -2.22. The molecule has 0 aliphatic heterocycles. The van der Waals surface area contributed by atoms with Crippen LogP contribution in [-0.4, -0.2) is 22.4 Å². The summed E-state index contributed by atoms with van der Waals surface area (Å²) in [6, 6.07) is 1.55. The summed E-state index contributed by atoms with van der Waals surface area (Å²) in [6.45, 7) is 0.00343. The molecule has 64 valence electrons. The number of nitrogen functional groups attached to an aromatic ring is 1. The average Bonchev–Trinajstić information content (AvgIpc) is 2.01. The van der Waals surface area contributed by atoms with Crippen LogP contribution in [0.2, 0.25) is 0 Å². The molecular weight excluding hydrogens is 158 g/mol. The van der Waals surface area contributed by atoms with Gasteiger partial charge in [-0.3, -0.25) is 4.79 Å². The molecule has 0 atom stereocenters. The number of nitrogens with one attached hydrogen (secondary N) is 1. The summed E-state index contributed by atoms with van der Waals surface area (Å²) in [5.41, 5.74) is 10.2. The van der Waals surface area contributed by atoms with Gasteiger partial charge in [-0.05, 0) is 6.07 Å². The zero-order chi connectivity index (χ0) is 8.97. The normalized spacial score (nSPS) is 9.33. The minimum absolute atomic E-state index is 0.00343. The molecule has 0 bridgehead atoms. The van der Waals surface area contributed by atoms with Gasteiger partial charge in [-0.1, -0.05) is 0 Å². The Bertz CT molecular complexity index is 287. The highest BCUT2D eigenvalue weighted by Gasteiger charge is 1.97. The predicted octanol–water partition coefficient (Wildman–Crippen LogP) is -1.04. The highest BCUT2D eigenvalue weighted by molar-refractivity contribution is 5.78. The Labute approximate surface area is 69.0 Å². The highest BCUT2D eigenvalue weighted by Crippen LogP contribution is 1.99. The zero-order valence-corrected chi connectivity index (χ0v) is 6.32. The Morgan fingerprint density at radius 3 is 3.00 bits per heavy atom. The number of primary amides is 1. The second kappa shape index (κ2) is 3.51. The minimum atomic E-state index is -0.471. The molecule has 0 radical (unpaired) electrons. The summed E-state index contributed by atoms with van der Waals surface area (Å²) < 4.78 is 0. The molecule has 0 aliphatic rings. The van der Waals surface area contributed by atoms with Gasteiger partial charge in [0.05, 0.1) is 6.54 Å². The van der Waals surface area contributed by atoms with Crippen molar-refractivity contribution in [3.05, 3.63) is 12.3 Å². The number of carbonyl (C=O) groups is 1. The fourth-order valence-electron chi connectivity index (χ4n) is 0.624. The van der Waals surface area contributed by atoms with E-state index in [0.717, 1.165) is 0 Å². The topological polar surface area (TPSA) is 107 Å². The number of aromatic nitrogens is 2. The standard InChI is InChI=1S/C6H9N5O/c7-4-1-2-9-6(11-4)10-3-5(8)12/h1-2H,3H2,(H2,8,12)(H3,7,9,10,11). The van der Waals surface area contributed by atoms with Crippen LogP contribution in [0, 0.1) is 0 Å². The molecule has 0 spiro atoms. The Balaban J connectivity index is 2.57. The van der Waals surface area contributed by atoms with Gasteiger partial charge in [0.1, 0.15) is 5.82 Å². The number of rotatable bonds is 3. The van der Waals surface area contributed by atoms with Crippen molar-refractivity contribution in [2.24, 2.45) is 5.73 Å². The molecule has 0 aromatic carbocycles. The molecule has 1 rings (SSSR count). The first-order valence-electron chi connectivity index (χ1n) is 3.29. The Kier molecular flexibility index (Phi) is 2.42. The number of carbonyl (C=O) groups excluding carboxylic acids is 1. The van der Waals surface area contributed by atoms with Crippen LogP contribution in [-0.2, 0) is 4.79 Å². The highest BCUT2D eigenvalue weighted by atomic mass is 16.1. The summed E-state index contributed by atoms with van der Waals surface area (Å²) in [5.74, 6) is 0.173. The molecule has 1 amide bonds. The maximum atomic E-state index is 10.3. The van der Waals surface area contributed by atoms with E-state index in [1.807, 2.05) is 0 Å². The minimum Gasteiger partial charge on any atom is -0.384 e. The van der Waals surface area contributed by atoms with Crippen LogP contribution in [0.3, 0.4) is 0 Å². The first-order chi connectivity index (χ1) is 5.68. The monoisotopic (exact) mass is 167 g/mol. The summed E-state index contributed by atoms with van der Waals surface area (Å²) in [4.78, 5) is 17.9. The molecule has 0 aliphatic carbocycles. The van der Waals surface area contributed by atoms with E-state index in [1.54, 1.807) is 6.07 Å². The van der Waals surface area contributed by atoms with E-state index in [0.29, 0.717) is 11.8 Å². The van der Waals surface area contributed by atoms with Crippen molar-refractivity contribution in [3.63, 3.8) is 0 Å². The smallest absolute Gasteiger partial charge is 0.236 e. The van der Waals surface area contributed by atoms with E-state index in [2.05, 4.69) is 15.3 Å². The summed E-state index contributed by atoms with van der Waals surface area (Å²) in [7, 11) is 0. The molecule has 5 N–H and O–H groups in total. The quantitative estimate of drug-likeness (QED) is 0.532. The molecular formula is C6H9N5O. The molecule has 0 saturated heterocycles. The molecule has 1 heterocycles. The molecule has 0 fully saturated rings. The van der Waals surface area contributed by atoms with Gasteiger partial charge in [0.2, 0.25) is 11.9 Å². The van der Waals surface area contributed by atoms with Gasteiger partial charge < -0.3 is 16.8 Å². The number of amides is 1. The fourth-order valence-corrected chi connectivity index (χ4v) is 0.624. The van der Waals surface area contributed by atoms with Crippen LogP contribution in [0.4, 0.5) is 11.8 Å². The van der Waals surface area contributed by atoms with E-state index < -0.39 is 5.91 Å². The van der Waals surface area contributed by atoms with E-state index in [4.69, 9.17) is 11.5 Å². The molecule has 0 saturated carbocycles. The average molecular weight is 167 g/mol. The van der Waals surface area contributed by atoms with E-state index in [9.17, 15) is 4.79 Å². The number of hydrogen-bond acceptors (Lipinski definition) is 5. The predicted molar refractivity (Wildman–Crippen MR) is 44.1 cm³/mol. The molecule has 0 unspecified atom stereocenters. The number of anilines is 2. The maximum Gasteiger partial charge on any atom is 0.236 e. The van der Waals surface area contributed by atoms with E-state index in [1.165, 1.54) is 6.20 Å². The second-order valence-electron chi connectivity index (χ2n) is 2.12. The van der Waals surface area contributed by atoms with Crippen molar-refractivity contribution in [3.8, 4) is 0 Å². The van der Waals surface area contributed by atoms with Crippen LogP contribution in [0.5, 0.6) is 0 Å². The van der Waals surface area contributed by atoms with Gasteiger partial charge in [0, 0.05) is 6.20 Å². The third-order valence-electron chi connectivity index (χ3n) is 1.10. The van der Waals surface area contributed by atoms with Crippen molar-refractivity contribution in [1.29, 1.82) is 0 Å². The van der Waals surface area contributed by atoms with Gasteiger partial charge in [-0.25, -0.2) is 4.98 Å². The van der Waals surface area contributed by atoms with Crippen LogP contribution in [0.15, 0.2) is 12.3 Å². The van der Waals surface area contributed by atoms with Gasteiger partial charge in [-0.15, -0.1) is 0 Å². The number of hydrogen-bond donors (Lipinski definition) is 3. The summed E-state index contributed by atoms with van der Waals surface area (Å²) in [6.07, 6.45) is 1.49. The van der Waals surface area contributed by atoms with Crippen molar-refractivity contribution < 1.29 is 4.79 Å². The second-order valence-corrected chi connectivity index (χ2v) is 2.12. The first-order valence-corrected chi connectivity index (χ1v) is 3.29. The van der Waals surface area contributed by atoms with Crippen LogP contribution in [0.25, 0.3) is 0 Å². The maximum absolute atomic E-state index is 10.3. The fraction of sp³-hybridized carbons (Fsp3) is 0.167. The lowest BCUT2D eigenvalue weighted by Gasteiger charge is -2.00. The van der Waals surface area contributed by atoms with Gasteiger partial charge in [0.15, 0.2) is 0 Å². The third kappa shape index (κ3) is 2.41. The van der Waals surface area contributed by atoms with E-state index >= 15 is 0 Å². The van der Waals surface area contributed by atoms with Gasteiger partial charge in [0.25, 0.3) is 0 Å². The van der Waals surface area contributed by atoms with Crippen LogP contribution >= 0.6 is 0 Å². The Hall–Kier alpha value is -1.85. The third-order valence-corrected chi connectivity index (χ3v) is 1.10. The number of nitrogens with two attached hydrogens (primary N) is 2. The van der Waals surface area contributed by atoms with Gasteiger partial charge in [-0.2, -0.15) is 4.98 Å². The lowest BCUT2D eigenvalue weighted by atomic mass is 10.6. The van der Waals surface area contributed by atoms with Crippen LogP contribution < -0.4 is 16.8 Å². The largest absolute Gasteiger partial charge is 0.384 e. The summed E-state index contributed by atoms with van der Waals surface area (Å²) in [5, 5.41) is 2.61. The zero-order valence-electron chi connectivity index (χ0n) is 6.32. The first kappa shape index (κ1) is 8.25. The lowest BCUT2D eigenvalue weighted by molar-refractivity contribution is -0.116. The molecule has 1 aromatic rings. The Morgan fingerprint density at radius 2 is 2.42 bits per heavy atom. The van der Waals surface area contributed by atoms with Crippen LogP contribution in [0.1, 0.15) is 0 Å². The molecule has 12 heavy (non-hydrogen) atoms. The Morgan fingerprint density at radius 1 is 1.67 bits per heavy atom. The van der Waals surface area contributed by atoms with Crippen molar-refractivity contribution in [1.82, 2.24) is 9.97 Å². The molecule has 6 heteroatoms. The van der Waals surface area contributed by atoms with E-state index in [-0.39, 0.29) is 6.54 Å². The molecule has 6 nitrogen and oxygen atoms in total. The molecule has 1 aromatic heterocycles. The van der Waals surface area contributed by atoms with Crippen molar-refractivity contribution in [2.75, 3.05) is 17.6 Å². The van der Waals surface area contributed by atoms with Crippen molar-refractivity contribution in [2.45, 2.75) is 0 Å². The number of nitrogens with zero attached hydrogens (tertiary/aromatic N) is 2.